The zero-order valence-electron chi connectivity index (χ0n) is 19.5. The van der Waals surface area contributed by atoms with Crippen molar-refractivity contribution in [2.45, 2.75) is 31.6 Å². The minimum absolute atomic E-state index is 0.0778. The number of benzene rings is 2. The van der Waals surface area contributed by atoms with Crippen LogP contribution in [0.3, 0.4) is 0 Å². The minimum atomic E-state index is -4.90. The van der Waals surface area contributed by atoms with E-state index in [1.54, 1.807) is 44.2 Å². The Bertz CT molecular complexity index is 1650. The van der Waals surface area contributed by atoms with E-state index in [0.29, 0.717) is 29.5 Å². The molecule has 0 amide bonds. The molecule has 1 aromatic carbocycles. The Morgan fingerprint density at radius 1 is 0.972 bits per heavy atom. The highest BCUT2D eigenvalue weighted by atomic mass is 32.2. The van der Waals surface area contributed by atoms with Gasteiger partial charge in [0.05, 0.1) is 5.36 Å². The predicted molar refractivity (Wildman–Crippen MR) is 133 cm³/mol. The van der Waals surface area contributed by atoms with Gasteiger partial charge >= 0.3 is 0 Å². The Morgan fingerprint density at radius 2 is 1.69 bits per heavy atom. The third kappa shape index (κ3) is 4.48. The van der Waals surface area contributed by atoms with Crippen LogP contribution in [-0.4, -0.2) is 45.3 Å². The van der Waals surface area contributed by atoms with Gasteiger partial charge < -0.3 is 9.73 Å². The van der Waals surface area contributed by atoms with E-state index in [0.717, 1.165) is 0 Å². The van der Waals surface area contributed by atoms with Gasteiger partial charge in [-0.1, -0.05) is 24.3 Å². The third-order valence-corrected chi connectivity index (χ3v) is 7.70. The molecule has 10 nitrogen and oxygen atoms in total. The van der Waals surface area contributed by atoms with Crippen LogP contribution >= 0.6 is 0 Å². The smallest absolute Gasteiger partial charge is 0.300 e. The fourth-order valence-electron chi connectivity index (χ4n) is 4.55. The predicted octanol–water partition coefficient (Wildman–Crippen LogP) is 3.14. The summed E-state index contributed by atoms with van der Waals surface area (Å²) in [6.45, 7) is 3.98. The van der Waals surface area contributed by atoms with Crippen LogP contribution < -0.4 is 10.7 Å². The van der Waals surface area contributed by atoms with Crippen LogP contribution in [0, 0.1) is 0 Å². The molecule has 0 saturated carbocycles. The molecule has 0 saturated heterocycles. The lowest BCUT2D eigenvalue weighted by atomic mass is 9.85. The molecule has 3 aliphatic rings. The molecule has 1 aromatic rings. The second-order valence-electron chi connectivity index (χ2n) is 8.04. The molecule has 1 aliphatic heterocycles. The average molecular weight is 533 g/mol. The van der Waals surface area contributed by atoms with Crippen LogP contribution in [0.2, 0.25) is 0 Å². The summed E-state index contributed by atoms with van der Waals surface area (Å²) in [6.07, 6.45) is 1.11. The van der Waals surface area contributed by atoms with E-state index in [-0.39, 0.29) is 53.1 Å². The molecule has 0 aromatic heterocycles. The van der Waals surface area contributed by atoms with Crippen LogP contribution in [0.1, 0.15) is 41.9 Å². The van der Waals surface area contributed by atoms with Crippen molar-refractivity contribution in [1.29, 1.82) is 0 Å². The fourth-order valence-corrected chi connectivity index (χ4v) is 6.21. The number of fused-ring (bicyclic) bond motifs is 2. The Kier molecular flexibility index (Phi) is 6.88. The van der Waals surface area contributed by atoms with E-state index in [4.69, 9.17) is 4.42 Å². The monoisotopic (exact) mass is 532 g/mol. The Morgan fingerprint density at radius 3 is 2.31 bits per heavy atom. The Hall–Kier alpha value is -3.32. The summed E-state index contributed by atoms with van der Waals surface area (Å²) in [7, 11) is -9.74. The molecular weight excluding hydrogens is 508 g/mol. The third-order valence-electron chi connectivity index (χ3n) is 5.84. The lowest BCUT2D eigenvalue weighted by Gasteiger charge is -2.27. The standard InChI is InChI=1S/C24H24N2O8S2/c1-3-25-18-11-9-16-20(15-8-6-5-7-14(15)13-27)17-10-12-19(26-4-2)24(36(31,32)33)22(17)34-21(16)23(18)35(28,29)30/h5-9,11,13,26H,3-4,10,12H2,1-2H3,(H,28,29,30)(H,31,32,33)/b25-18+. The largest absolute Gasteiger partial charge is 0.453 e. The van der Waals surface area contributed by atoms with Crippen LogP contribution in [0.25, 0.3) is 27.4 Å². The SMILES string of the molecule is CC/N=c1\ccc2c(-c3ccccc3C=O)c3c(oc-2c1S(=O)(=O)O)C(S(=O)(=O)O)=C(NCC)CC3. The molecule has 0 fully saturated rings. The maximum Gasteiger partial charge on any atom is 0.300 e. The van der Waals surface area contributed by atoms with Crippen molar-refractivity contribution in [2.24, 2.45) is 4.99 Å². The van der Waals surface area contributed by atoms with Crippen molar-refractivity contribution in [3.8, 4) is 22.5 Å². The van der Waals surface area contributed by atoms with E-state index in [1.807, 2.05) is 0 Å². The zero-order valence-corrected chi connectivity index (χ0v) is 21.1. The van der Waals surface area contributed by atoms with Gasteiger partial charge in [-0.3, -0.25) is 18.9 Å². The second kappa shape index (κ2) is 9.62. The normalized spacial score (nSPS) is 14.7. The average Bonchev–Trinajstić information content (AvgIpc) is 2.81. The topological polar surface area (TPSA) is 163 Å². The lowest BCUT2D eigenvalue weighted by molar-refractivity contribution is 0.112. The summed E-state index contributed by atoms with van der Waals surface area (Å²) in [6, 6.07) is 9.52. The maximum atomic E-state index is 12.5. The van der Waals surface area contributed by atoms with Gasteiger partial charge in [0, 0.05) is 41.0 Å². The maximum absolute atomic E-state index is 12.5. The highest BCUT2D eigenvalue weighted by Crippen LogP contribution is 2.47. The second-order valence-corrected chi connectivity index (χ2v) is 10.8. The van der Waals surface area contributed by atoms with Gasteiger partial charge in [0.1, 0.15) is 0 Å². The first-order valence-corrected chi connectivity index (χ1v) is 14.0. The summed E-state index contributed by atoms with van der Waals surface area (Å²) in [5, 5.41) is 2.85. The number of carbonyl (C=O) groups excluding carboxylic acids is 1. The van der Waals surface area contributed by atoms with Crippen molar-refractivity contribution in [3.63, 3.8) is 0 Å². The number of hydrogen-bond acceptors (Lipinski definition) is 8. The number of carbonyl (C=O) groups is 1. The van der Waals surface area contributed by atoms with Crippen LogP contribution in [-0.2, 0) is 26.7 Å². The Labute approximate surface area is 208 Å². The molecule has 12 heteroatoms. The summed E-state index contributed by atoms with van der Waals surface area (Å²) >= 11 is 0. The van der Waals surface area contributed by atoms with Gasteiger partial charge in [-0.2, -0.15) is 16.8 Å². The number of hydrogen-bond donors (Lipinski definition) is 3. The van der Waals surface area contributed by atoms with Gasteiger partial charge in [-0.15, -0.1) is 0 Å². The van der Waals surface area contributed by atoms with Gasteiger partial charge in [0.25, 0.3) is 20.2 Å². The van der Waals surface area contributed by atoms with Crippen molar-refractivity contribution in [2.75, 3.05) is 13.1 Å². The molecule has 1 heterocycles. The van der Waals surface area contributed by atoms with Crippen molar-refractivity contribution < 1.29 is 35.2 Å². The van der Waals surface area contributed by atoms with Crippen molar-refractivity contribution in [3.05, 3.63) is 64.3 Å². The first-order chi connectivity index (χ1) is 17.0. The number of rotatable bonds is 7. The fraction of sp³-hybridized carbons (Fsp3) is 0.250. The Balaban J connectivity index is 2.31. The lowest BCUT2D eigenvalue weighted by Crippen LogP contribution is -2.24. The molecule has 36 heavy (non-hydrogen) atoms. The number of nitrogens with zero attached hydrogens (tertiary/aromatic N) is 1. The van der Waals surface area contributed by atoms with E-state index in [9.17, 15) is 30.7 Å². The highest BCUT2D eigenvalue weighted by molar-refractivity contribution is 7.95. The molecule has 4 rings (SSSR count). The molecular formula is C24H24N2O8S2. The molecule has 190 valence electrons. The van der Waals surface area contributed by atoms with Crippen molar-refractivity contribution in [1.82, 2.24) is 5.32 Å². The summed E-state index contributed by atoms with van der Waals surface area (Å²) in [4.78, 5) is 14.9. The molecule has 0 bridgehead atoms. The highest BCUT2D eigenvalue weighted by Gasteiger charge is 2.37. The number of nitrogens with one attached hydrogen (secondary N) is 1. The quantitative estimate of drug-likeness (QED) is 0.306. The van der Waals surface area contributed by atoms with Crippen molar-refractivity contribution >= 4 is 31.4 Å². The van der Waals surface area contributed by atoms with Gasteiger partial charge in [-0.05, 0) is 44.4 Å². The van der Waals surface area contributed by atoms with E-state index < -0.39 is 30.0 Å². The van der Waals surface area contributed by atoms with Gasteiger partial charge in [-0.25, -0.2) is 0 Å². The molecule has 0 spiro atoms. The van der Waals surface area contributed by atoms with Gasteiger partial charge in [0.15, 0.2) is 27.6 Å². The van der Waals surface area contributed by atoms with E-state index >= 15 is 0 Å². The molecule has 0 radical (unpaired) electrons. The molecule has 2 aliphatic carbocycles. The first-order valence-electron chi connectivity index (χ1n) is 11.1. The van der Waals surface area contributed by atoms with Crippen LogP contribution in [0.4, 0.5) is 0 Å². The van der Waals surface area contributed by atoms with Crippen LogP contribution in [0.5, 0.6) is 0 Å². The number of aldehydes is 1. The summed E-state index contributed by atoms with van der Waals surface area (Å²) in [5.41, 5.74) is 1.84. The van der Waals surface area contributed by atoms with Crippen LogP contribution in [0.15, 0.2) is 56.4 Å². The molecule has 0 unspecified atom stereocenters. The first kappa shape index (κ1) is 25.8. The van der Waals surface area contributed by atoms with Gasteiger partial charge in [0.2, 0.25) is 0 Å². The minimum Gasteiger partial charge on any atom is -0.453 e. The number of allylic oxidation sites excluding steroid dienone is 1. The summed E-state index contributed by atoms with van der Waals surface area (Å²) in [5.74, 6) is -0.623. The molecule has 0 atom stereocenters. The molecule has 3 N–H and O–H groups in total. The van der Waals surface area contributed by atoms with E-state index in [1.165, 1.54) is 6.07 Å². The van der Waals surface area contributed by atoms with E-state index in [2.05, 4.69) is 10.3 Å². The summed E-state index contributed by atoms with van der Waals surface area (Å²) < 4.78 is 76.4. The zero-order chi connectivity index (χ0) is 26.3.